The molecule has 5 heteroatoms. The number of hydrogen-bond acceptors (Lipinski definition) is 3. The van der Waals surface area contributed by atoms with Gasteiger partial charge in [0.1, 0.15) is 0 Å². The summed E-state index contributed by atoms with van der Waals surface area (Å²) in [6.45, 7) is 4.39. The van der Waals surface area contributed by atoms with Crippen LogP contribution >= 0.6 is 0 Å². The van der Waals surface area contributed by atoms with Crippen LogP contribution in [0.5, 0.6) is 0 Å². The van der Waals surface area contributed by atoms with E-state index < -0.39 is 10.0 Å². The first kappa shape index (κ1) is 13.5. The third-order valence-corrected chi connectivity index (χ3v) is 5.42. The summed E-state index contributed by atoms with van der Waals surface area (Å²) in [6, 6.07) is 7.13. The quantitative estimate of drug-likeness (QED) is 0.823. The van der Waals surface area contributed by atoms with E-state index in [2.05, 4.69) is 4.90 Å². The Kier molecular flexibility index (Phi) is 3.75. The molecule has 0 amide bonds. The van der Waals surface area contributed by atoms with E-state index in [0.29, 0.717) is 17.4 Å². The fourth-order valence-electron chi connectivity index (χ4n) is 2.42. The van der Waals surface area contributed by atoms with Crippen molar-refractivity contribution in [3.8, 4) is 0 Å². The standard InChI is InChI=1S/C13H20N2O2S/c1-11-6-4-5-7-13(11)18(16,17)15(3)10-12-8-14(2)9-12/h4-7,12H,8-10H2,1-3H3. The summed E-state index contributed by atoms with van der Waals surface area (Å²) in [6.07, 6.45) is 0. The Morgan fingerprint density at radius 3 is 2.50 bits per heavy atom. The largest absolute Gasteiger partial charge is 0.306 e. The van der Waals surface area contributed by atoms with Gasteiger partial charge < -0.3 is 4.90 Å². The summed E-state index contributed by atoms with van der Waals surface area (Å²) in [5.74, 6) is 0.457. The molecule has 0 bridgehead atoms. The number of hydrogen-bond donors (Lipinski definition) is 0. The first-order valence-electron chi connectivity index (χ1n) is 6.12. The van der Waals surface area contributed by atoms with Gasteiger partial charge in [-0.15, -0.1) is 0 Å². The Labute approximate surface area is 109 Å². The number of nitrogens with zero attached hydrogens (tertiary/aromatic N) is 2. The van der Waals surface area contributed by atoms with Crippen LogP contribution in [0.3, 0.4) is 0 Å². The van der Waals surface area contributed by atoms with Crippen LogP contribution in [-0.2, 0) is 10.0 Å². The molecule has 1 fully saturated rings. The Hall–Kier alpha value is -0.910. The van der Waals surface area contributed by atoms with Crippen molar-refractivity contribution in [3.63, 3.8) is 0 Å². The zero-order chi connectivity index (χ0) is 13.3. The van der Waals surface area contributed by atoms with E-state index in [1.54, 1.807) is 19.2 Å². The molecule has 0 atom stereocenters. The second-order valence-electron chi connectivity index (χ2n) is 5.14. The van der Waals surface area contributed by atoms with Crippen molar-refractivity contribution >= 4 is 10.0 Å². The fraction of sp³-hybridized carbons (Fsp3) is 0.538. The van der Waals surface area contributed by atoms with Crippen molar-refractivity contribution in [1.82, 2.24) is 9.21 Å². The fourth-order valence-corrected chi connectivity index (χ4v) is 3.89. The molecular weight excluding hydrogens is 248 g/mol. The highest BCUT2D eigenvalue weighted by atomic mass is 32.2. The highest BCUT2D eigenvalue weighted by Gasteiger charge is 2.29. The summed E-state index contributed by atoms with van der Waals surface area (Å²) < 4.78 is 26.3. The van der Waals surface area contributed by atoms with Gasteiger partial charge in [-0.3, -0.25) is 0 Å². The molecule has 1 aromatic rings. The summed E-state index contributed by atoms with van der Waals surface area (Å²) in [5, 5.41) is 0. The molecule has 2 rings (SSSR count). The average molecular weight is 268 g/mol. The first-order chi connectivity index (χ1) is 8.41. The Morgan fingerprint density at radius 2 is 1.94 bits per heavy atom. The van der Waals surface area contributed by atoms with Crippen molar-refractivity contribution in [2.24, 2.45) is 5.92 Å². The van der Waals surface area contributed by atoms with Gasteiger partial charge in [0.25, 0.3) is 0 Å². The topological polar surface area (TPSA) is 40.6 Å². The van der Waals surface area contributed by atoms with E-state index >= 15 is 0 Å². The highest BCUT2D eigenvalue weighted by molar-refractivity contribution is 7.89. The minimum atomic E-state index is -3.34. The highest BCUT2D eigenvalue weighted by Crippen LogP contribution is 2.21. The Morgan fingerprint density at radius 1 is 1.33 bits per heavy atom. The first-order valence-corrected chi connectivity index (χ1v) is 7.56. The summed E-state index contributed by atoms with van der Waals surface area (Å²) in [4.78, 5) is 2.61. The lowest BCUT2D eigenvalue weighted by atomic mass is 10.0. The number of sulfonamides is 1. The van der Waals surface area contributed by atoms with Crippen LogP contribution in [-0.4, -0.2) is 51.4 Å². The van der Waals surface area contributed by atoms with E-state index in [1.807, 2.05) is 26.1 Å². The predicted molar refractivity (Wildman–Crippen MR) is 72.0 cm³/mol. The summed E-state index contributed by atoms with van der Waals surface area (Å²) >= 11 is 0. The maximum Gasteiger partial charge on any atom is 0.243 e. The average Bonchev–Trinajstić information content (AvgIpc) is 2.27. The molecule has 1 aromatic carbocycles. The molecule has 0 radical (unpaired) electrons. The minimum Gasteiger partial charge on any atom is -0.306 e. The zero-order valence-corrected chi connectivity index (χ0v) is 11.9. The van der Waals surface area contributed by atoms with Gasteiger partial charge in [0, 0.05) is 26.7 Å². The van der Waals surface area contributed by atoms with Crippen LogP contribution in [0.15, 0.2) is 29.2 Å². The van der Waals surface area contributed by atoms with Gasteiger partial charge in [-0.2, -0.15) is 0 Å². The van der Waals surface area contributed by atoms with Gasteiger partial charge >= 0.3 is 0 Å². The van der Waals surface area contributed by atoms with E-state index in [-0.39, 0.29) is 0 Å². The van der Waals surface area contributed by atoms with Gasteiger partial charge in [0.05, 0.1) is 4.90 Å². The molecule has 0 spiro atoms. The number of benzene rings is 1. The Balaban J connectivity index is 2.13. The molecule has 4 nitrogen and oxygen atoms in total. The van der Waals surface area contributed by atoms with Gasteiger partial charge in [-0.05, 0) is 31.5 Å². The smallest absolute Gasteiger partial charge is 0.243 e. The number of likely N-dealkylation sites (tertiary alicyclic amines) is 1. The van der Waals surface area contributed by atoms with Crippen LogP contribution in [0.25, 0.3) is 0 Å². The summed E-state index contributed by atoms with van der Waals surface area (Å²) in [5.41, 5.74) is 0.801. The Bertz CT molecular complexity index is 522. The van der Waals surface area contributed by atoms with Crippen molar-refractivity contribution in [2.45, 2.75) is 11.8 Å². The zero-order valence-electron chi connectivity index (χ0n) is 11.1. The van der Waals surface area contributed by atoms with Crippen molar-refractivity contribution < 1.29 is 8.42 Å². The minimum absolute atomic E-state index is 0.417. The van der Waals surface area contributed by atoms with E-state index in [0.717, 1.165) is 18.7 Å². The molecule has 0 N–H and O–H groups in total. The van der Waals surface area contributed by atoms with Crippen LogP contribution in [0.1, 0.15) is 5.56 Å². The SMILES string of the molecule is Cc1ccccc1S(=O)(=O)N(C)CC1CN(C)C1. The molecule has 0 unspecified atom stereocenters. The van der Waals surface area contributed by atoms with E-state index in [9.17, 15) is 8.42 Å². The van der Waals surface area contributed by atoms with Crippen LogP contribution in [0.2, 0.25) is 0 Å². The van der Waals surface area contributed by atoms with Gasteiger partial charge in [0.15, 0.2) is 0 Å². The maximum absolute atomic E-state index is 12.4. The normalized spacial score (nSPS) is 18.0. The molecule has 1 aliphatic heterocycles. The van der Waals surface area contributed by atoms with Crippen molar-refractivity contribution in [3.05, 3.63) is 29.8 Å². The van der Waals surface area contributed by atoms with Gasteiger partial charge in [-0.25, -0.2) is 12.7 Å². The molecule has 1 saturated heterocycles. The monoisotopic (exact) mass is 268 g/mol. The van der Waals surface area contributed by atoms with Crippen LogP contribution in [0, 0.1) is 12.8 Å². The van der Waals surface area contributed by atoms with E-state index in [4.69, 9.17) is 0 Å². The molecule has 1 heterocycles. The van der Waals surface area contributed by atoms with E-state index in [1.165, 1.54) is 4.31 Å². The lowest BCUT2D eigenvalue weighted by Crippen LogP contribution is -2.49. The third-order valence-electron chi connectivity index (χ3n) is 3.44. The predicted octanol–water partition coefficient (Wildman–Crippen LogP) is 1.18. The number of aryl methyl sites for hydroxylation is 1. The van der Waals surface area contributed by atoms with Crippen LogP contribution in [0.4, 0.5) is 0 Å². The molecule has 0 aromatic heterocycles. The van der Waals surface area contributed by atoms with Crippen molar-refractivity contribution in [2.75, 3.05) is 33.7 Å². The second kappa shape index (κ2) is 4.99. The molecular formula is C13H20N2O2S. The van der Waals surface area contributed by atoms with Gasteiger partial charge in [-0.1, -0.05) is 18.2 Å². The second-order valence-corrected chi connectivity index (χ2v) is 7.15. The third kappa shape index (κ3) is 2.58. The summed E-state index contributed by atoms with van der Waals surface area (Å²) in [7, 11) is 0.371. The molecule has 0 aliphatic carbocycles. The number of rotatable bonds is 4. The van der Waals surface area contributed by atoms with Gasteiger partial charge in [0.2, 0.25) is 10.0 Å². The molecule has 100 valence electrons. The lowest BCUT2D eigenvalue weighted by molar-refractivity contribution is 0.119. The molecule has 1 aliphatic rings. The maximum atomic E-state index is 12.4. The molecule has 18 heavy (non-hydrogen) atoms. The lowest BCUT2D eigenvalue weighted by Gasteiger charge is -2.38. The van der Waals surface area contributed by atoms with Crippen molar-refractivity contribution in [1.29, 1.82) is 0 Å². The molecule has 0 saturated carbocycles. The van der Waals surface area contributed by atoms with Crippen LogP contribution < -0.4 is 0 Å².